The third-order valence-corrected chi connectivity index (χ3v) is 9.02. The second-order valence-electron chi connectivity index (χ2n) is 11.7. The molecule has 6 aliphatic heterocycles. The van der Waals surface area contributed by atoms with E-state index in [4.69, 9.17) is 38.2 Å². The first-order valence-electron chi connectivity index (χ1n) is 12.7. The van der Waals surface area contributed by atoms with E-state index in [-0.39, 0.29) is 24.4 Å². The fourth-order valence-corrected chi connectivity index (χ4v) is 7.13. The van der Waals surface area contributed by atoms with Crippen LogP contribution < -0.4 is 0 Å². The van der Waals surface area contributed by atoms with Gasteiger partial charge in [-0.15, -0.1) is 0 Å². The van der Waals surface area contributed by atoms with E-state index in [0.717, 1.165) is 25.7 Å². The zero-order chi connectivity index (χ0) is 24.0. The van der Waals surface area contributed by atoms with Gasteiger partial charge in [-0.1, -0.05) is 13.8 Å². The quantitative estimate of drug-likeness (QED) is 0.573. The maximum Gasteiger partial charge on any atom is 0.201 e. The standard InChI is InChI=1S/C24H38O10/c1-11-6-7-14-12(2)19(30-21-24(14)13(11)8-9-23(5,32-21)33-34-24)29-20-17(26)16(25)18(28-20)15-10-27-22(3,4)31-15/h11-21,25-26H,6-10H2,1-5H3/t11-,12-,13?,14?,15+,16+,17+,18+,19-,20+,21-,23-,24?/m0/s1. The van der Waals surface area contributed by atoms with E-state index in [1.54, 1.807) is 13.8 Å². The highest BCUT2D eigenvalue weighted by Gasteiger charge is 2.70. The summed E-state index contributed by atoms with van der Waals surface area (Å²) >= 11 is 0. The van der Waals surface area contributed by atoms with Crippen LogP contribution in [0.25, 0.3) is 0 Å². The normalized spacial score (nSPS) is 58.5. The van der Waals surface area contributed by atoms with Gasteiger partial charge in [0, 0.05) is 18.3 Å². The van der Waals surface area contributed by atoms with Gasteiger partial charge in [-0.2, -0.15) is 0 Å². The number of hydrogen-bond donors (Lipinski definition) is 2. The Morgan fingerprint density at radius 1 is 0.853 bits per heavy atom. The maximum absolute atomic E-state index is 10.7. The third kappa shape index (κ3) is 3.53. The SMILES string of the molecule is C[C@H]1CCC2[C@H](C)[C@@H](O[C@H]3O[C@H]([C@H]4COC(C)(C)O4)[C@H](O)[C@H]3O)O[C@H]3O[C@]4(C)CCC1C23OO4. The Morgan fingerprint density at radius 2 is 1.65 bits per heavy atom. The fraction of sp³-hybridized carbons (Fsp3) is 1.00. The van der Waals surface area contributed by atoms with Gasteiger partial charge < -0.3 is 38.6 Å². The van der Waals surface area contributed by atoms with Gasteiger partial charge in [-0.05, 0) is 51.9 Å². The fourth-order valence-electron chi connectivity index (χ4n) is 7.13. The van der Waals surface area contributed by atoms with Crippen LogP contribution >= 0.6 is 0 Å². The molecule has 0 aromatic rings. The molecule has 0 aromatic heterocycles. The van der Waals surface area contributed by atoms with Crippen molar-refractivity contribution in [1.82, 2.24) is 0 Å². The smallest absolute Gasteiger partial charge is 0.201 e. The van der Waals surface area contributed by atoms with Gasteiger partial charge in [0.15, 0.2) is 30.3 Å². The predicted molar refractivity (Wildman–Crippen MR) is 113 cm³/mol. The molecule has 7 fully saturated rings. The molecule has 6 heterocycles. The van der Waals surface area contributed by atoms with Gasteiger partial charge >= 0.3 is 0 Å². The molecule has 7 rings (SSSR count). The van der Waals surface area contributed by atoms with E-state index < -0.39 is 60.5 Å². The van der Waals surface area contributed by atoms with Gasteiger partial charge in [0.05, 0.1) is 6.61 Å². The van der Waals surface area contributed by atoms with Gasteiger partial charge in [0.2, 0.25) is 5.79 Å². The molecule has 0 radical (unpaired) electrons. The summed E-state index contributed by atoms with van der Waals surface area (Å²) in [5, 5.41) is 21.4. The molecule has 194 valence electrons. The van der Waals surface area contributed by atoms with Gasteiger partial charge in [-0.3, -0.25) is 0 Å². The first-order chi connectivity index (χ1) is 16.0. The number of aliphatic hydroxyl groups excluding tert-OH is 2. The number of ether oxygens (including phenoxy) is 6. The lowest BCUT2D eigenvalue weighted by molar-refractivity contribution is -0.579. The van der Waals surface area contributed by atoms with Crippen molar-refractivity contribution in [3.63, 3.8) is 0 Å². The molecule has 6 saturated heterocycles. The van der Waals surface area contributed by atoms with Crippen molar-refractivity contribution in [2.45, 2.75) is 121 Å². The minimum absolute atomic E-state index is 0.0714. The summed E-state index contributed by atoms with van der Waals surface area (Å²) in [6, 6.07) is 0. The van der Waals surface area contributed by atoms with Crippen LogP contribution in [0.1, 0.15) is 60.3 Å². The summed E-state index contributed by atoms with van der Waals surface area (Å²) in [6.07, 6.45) is -2.42. The molecular formula is C24H38O10. The molecule has 10 heteroatoms. The molecular weight excluding hydrogens is 448 g/mol. The molecule has 2 bridgehead atoms. The van der Waals surface area contributed by atoms with E-state index in [0.29, 0.717) is 5.92 Å². The van der Waals surface area contributed by atoms with Crippen molar-refractivity contribution in [1.29, 1.82) is 0 Å². The summed E-state index contributed by atoms with van der Waals surface area (Å²) in [4.78, 5) is 12.0. The Kier molecular flexibility index (Phi) is 5.67. The maximum atomic E-state index is 10.7. The van der Waals surface area contributed by atoms with Gasteiger partial charge in [-0.25, -0.2) is 9.78 Å². The Balaban J connectivity index is 1.22. The molecule has 1 saturated carbocycles. The van der Waals surface area contributed by atoms with Crippen LogP contribution in [0.4, 0.5) is 0 Å². The number of hydrogen-bond acceptors (Lipinski definition) is 10. The van der Waals surface area contributed by atoms with Crippen LogP contribution in [0, 0.1) is 23.7 Å². The monoisotopic (exact) mass is 486 g/mol. The van der Waals surface area contributed by atoms with Crippen LogP contribution in [0.15, 0.2) is 0 Å². The van der Waals surface area contributed by atoms with Crippen LogP contribution in [0.2, 0.25) is 0 Å². The zero-order valence-corrected chi connectivity index (χ0v) is 20.5. The van der Waals surface area contributed by atoms with Crippen molar-refractivity contribution in [3.8, 4) is 0 Å². The Hall–Kier alpha value is -0.400. The second-order valence-corrected chi connectivity index (χ2v) is 11.7. The van der Waals surface area contributed by atoms with Crippen molar-refractivity contribution in [3.05, 3.63) is 0 Å². The summed E-state index contributed by atoms with van der Waals surface area (Å²) in [6.45, 7) is 10.1. The lowest BCUT2D eigenvalue weighted by Crippen LogP contribution is -2.70. The zero-order valence-electron chi connectivity index (χ0n) is 20.5. The second kappa shape index (κ2) is 8.05. The molecule has 2 N–H and O–H groups in total. The third-order valence-electron chi connectivity index (χ3n) is 9.02. The van der Waals surface area contributed by atoms with Crippen LogP contribution in [0.3, 0.4) is 0 Å². The number of aliphatic hydroxyl groups is 2. The van der Waals surface area contributed by atoms with Crippen LogP contribution in [-0.2, 0) is 38.2 Å². The first kappa shape index (κ1) is 24.0. The minimum Gasteiger partial charge on any atom is -0.387 e. The molecule has 34 heavy (non-hydrogen) atoms. The largest absolute Gasteiger partial charge is 0.387 e. The number of fused-ring (bicyclic) bond motifs is 2. The van der Waals surface area contributed by atoms with Crippen molar-refractivity contribution in [2.75, 3.05) is 6.61 Å². The molecule has 10 nitrogen and oxygen atoms in total. The molecule has 3 unspecified atom stereocenters. The Morgan fingerprint density at radius 3 is 2.38 bits per heavy atom. The Labute approximate surface area is 200 Å². The highest BCUT2D eigenvalue weighted by Crippen LogP contribution is 2.60. The van der Waals surface area contributed by atoms with Crippen molar-refractivity contribution >= 4 is 0 Å². The molecule has 1 aliphatic carbocycles. The summed E-state index contributed by atoms with van der Waals surface area (Å²) in [5.41, 5.74) is -0.690. The molecule has 0 amide bonds. The van der Waals surface area contributed by atoms with E-state index >= 15 is 0 Å². The van der Waals surface area contributed by atoms with Crippen LogP contribution in [-0.4, -0.2) is 77.3 Å². The average molecular weight is 487 g/mol. The Bertz CT molecular complexity index is 794. The van der Waals surface area contributed by atoms with Crippen molar-refractivity contribution in [2.24, 2.45) is 23.7 Å². The van der Waals surface area contributed by atoms with E-state index in [1.165, 1.54) is 0 Å². The number of rotatable bonds is 3. The molecule has 7 aliphatic rings. The molecule has 0 aromatic carbocycles. The van der Waals surface area contributed by atoms with Crippen LogP contribution in [0.5, 0.6) is 0 Å². The summed E-state index contributed by atoms with van der Waals surface area (Å²) < 4.78 is 36.4. The topological polar surface area (TPSA) is 114 Å². The first-order valence-corrected chi connectivity index (χ1v) is 12.7. The lowest BCUT2D eigenvalue weighted by Gasteiger charge is -2.60. The van der Waals surface area contributed by atoms with Gasteiger partial charge in [0.1, 0.15) is 24.4 Å². The summed E-state index contributed by atoms with van der Waals surface area (Å²) in [7, 11) is 0. The molecule has 1 spiro atoms. The highest BCUT2D eigenvalue weighted by molar-refractivity contribution is 5.09. The van der Waals surface area contributed by atoms with Gasteiger partial charge in [0.25, 0.3) is 0 Å². The molecule has 13 atom stereocenters. The highest BCUT2D eigenvalue weighted by atomic mass is 17.3. The lowest BCUT2D eigenvalue weighted by atomic mass is 9.58. The van der Waals surface area contributed by atoms with E-state index in [9.17, 15) is 10.2 Å². The minimum atomic E-state index is -1.24. The summed E-state index contributed by atoms with van der Waals surface area (Å²) in [5.74, 6) is -0.903. The predicted octanol–water partition coefficient (Wildman–Crippen LogP) is 1.81. The van der Waals surface area contributed by atoms with Crippen molar-refractivity contribution < 1.29 is 48.4 Å². The van der Waals surface area contributed by atoms with E-state index in [1.807, 2.05) is 6.92 Å². The van der Waals surface area contributed by atoms with E-state index in [2.05, 4.69) is 13.8 Å². The average Bonchev–Trinajstić information content (AvgIpc) is 3.16.